The fourth-order valence-electron chi connectivity index (χ4n) is 4.65. The molecule has 3 aliphatic rings. The van der Waals surface area contributed by atoms with Crippen molar-refractivity contribution in [1.82, 2.24) is 20.2 Å². The number of carbonyl (C=O) groups is 1. The van der Waals surface area contributed by atoms with Gasteiger partial charge >= 0.3 is 0 Å². The summed E-state index contributed by atoms with van der Waals surface area (Å²) >= 11 is 0. The number of ether oxygens (including phenoxy) is 1. The average molecular weight is 391 g/mol. The summed E-state index contributed by atoms with van der Waals surface area (Å²) in [4.78, 5) is 23.0. The number of hydrogen-bond donors (Lipinski definition) is 3. The summed E-state index contributed by atoms with van der Waals surface area (Å²) in [6, 6.07) is 0.0123. The van der Waals surface area contributed by atoms with E-state index in [1.807, 2.05) is 13.1 Å². The molecule has 1 amide bonds. The second kappa shape index (κ2) is 7.76. The number of nitrogens with zero attached hydrogens (tertiary/aromatic N) is 2. The number of amides is 1. The van der Waals surface area contributed by atoms with Crippen LogP contribution in [0.4, 0.5) is 0 Å². The molecule has 3 N–H and O–H groups in total. The van der Waals surface area contributed by atoms with E-state index in [0.717, 1.165) is 56.7 Å². The molecule has 7 nitrogen and oxygen atoms in total. The van der Waals surface area contributed by atoms with Crippen molar-refractivity contribution in [3.8, 4) is 0 Å². The van der Waals surface area contributed by atoms with Gasteiger partial charge in [-0.2, -0.15) is 0 Å². The lowest BCUT2D eigenvalue weighted by Crippen LogP contribution is -2.63. The molecule has 1 spiro atoms. The summed E-state index contributed by atoms with van der Waals surface area (Å²) in [6.45, 7) is 6.51. The molecule has 0 radical (unpaired) electrons. The number of imidazole rings is 1. The maximum Gasteiger partial charge on any atom is 0.222 e. The number of aliphatic hydroxyl groups is 1. The summed E-state index contributed by atoms with van der Waals surface area (Å²) < 4.78 is 6.13. The number of aryl methyl sites for hydroxylation is 1. The van der Waals surface area contributed by atoms with Gasteiger partial charge in [-0.25, -0.2) is 4.98 Å². The third kappa shape index (κ3) is 3.84. The third-order valence-corrected chi connectivity index (χ3v) is 7.29. The molecule has 1 aliphatic heterocycles. The van der Waals surface area contributed by atoms with Crippen molar-refractivity contribution in [2.75, 3.05) is 19.8 Å². The van der Waals surface area contributed by atoms with Crippen LogP contribution in [0.1, 0.15) is 63.9 Å². The summed E-state index contributed by atoms with van der Waals surface area (Å²) in [7, 11) is 0. The number of nitrogens with one attached hydrogen (secondary N) is 2. The normalized spacial score (nSPS) is 26.6. The Bertz CT molecular complexity index is 696. The first-order valence-electron chi connectivity index (χ1n) is 10.8. The van der Waals surface area contributed by atoms with Crippen molar-refractivity contribution < 1.29 is 14.6 Å². The number of aromatic amines is 1. The number of aromatic nitrogens is 2. The number of hydrogen-bond acceptors (Lipinski definition) is 5. The summed E-state index contributed by atoms with van der Waals surface area (Å²) in [5, 5.41) is 12.6. The minimum absolute atomic E-state index is 0.0123. The van der Waals surface area contributed by atoms with Crippen molar-refractivity contribution in [3.05, 3.63) is 17.7 Å². The van der Waals surface area contributed by atoms with E-state index in [2.05, 4.69) is 27.1 Å². The Morgan fingerprint density at radius 1 is 1.46 bits per heavy atom. The van der Waals surface area contributed by atoms with Crippen molar-refractivity contribution in [1.29, 1.82) is 0 Å². The maximum absolute atomic E-state index is 12.6. The van der Waals surface area contributed by atoms with E-state index in [0.29, 0.717) is 13.0 Å². The van der Waals surface area contributed by atoms with Crippen LogP contribution in [0.2, 0.25) is 0 Å². The Balaban J connectivity index is 1.34. The second-order valence-corrected chi connectivity index (χ2v) is 9.11. The van der Waals surface area contributed by atoms with E-state index >= 15 is 0 Å². The molecular weight excluding hydrogens is 356 g/mol. The zero-order chi connectivity index (χ0) is 19.8. The molecule has 1 aromatic heterocycles. The predicted octanol–water partition coefficient (Wildman–Crippen LogP) is 1.76. The minimum Gasteiger partial charge on any atom is -0.396 e. The largest absolute Gasteiger partial charge is 0.396 e. The van der Waals surface area contributed by atoms with Crippen LogP contribution in [0.15, 0.2) is 6.20 Å². The standard InChI is InChI=1S/C21H34N4O3/c1-3-16-10-22-18(24-16)12-25-11-17(28-14-21(25)5-4-6-21)9-19(27)23-15(2)20(13-26)7-8-20/h10,15,17,26H,3-9,11-14H2,1-2H3,(H,22,24)(H,23,27). The van der Waals surface area contributed by atoms with Crippen LogP contribution >= 0.6 is 0 Å². The molecule has 156 valence electrons. The molecule has 2 heterocycles. The van der Waals surface area contributed by atoms with Gasteiger partial charge in [0.15, 0.2) is 0 Å². The SMILES string of the molecule is CCc1cnc(CN2CC(CC(=O)NC(C)C3(CO)CC3)OCC23CCC3)[nH]1. The van der Waals surface area contributed by atoms with Gasteiger partial charge in [-0.3, -0.25) is 9.69 Å². The summed E-state index contributed by atoms with van der Waals surface area (Å²) in [5.41, 5.74) is 1.18. The molecule has 0 aromatic carbocycles. The van der Waals surface area contributed by atoms with Gasteiger partial charge in [0.2, 0.25) is 5.91 Å². The Hall–Kier alpha value is -1.44. The van der Waals surface area contributed by atoms with Gasteiger partial charge in [-0.05, 0) is 45.4 Å². The lowest BCUT2D eigenvalue weighted by molar-refractivity contribution is -0.155. The van der Waals surface area contributed by atoms with Crippen LogP contribution in [-0.4, -0.2) is 63.3 Å². The minimum atomic E-state index is -0.0959. The lowest BCUT2D eigenvalue weighted by atomic mass is 9.74. The van der Waals surface area contributed by atoms with Crippen molar-refractivity contribution >= 4 is 5.91 Å². The van der Waals surface area contributed by atoms with Gasteiger partial charge < -0.3 is 20.1 Å². The first kappa shape index (κ1) is 19.9. The zero-order valence-corrected chi connectivity index (χ0v) is 17.2. The van der Waals surface area contributed by atoms with Gasteiger partial charge in [0.1, 0.15) is 5.82 Å². The number of rotatable bonds is 8. The Morgan fingerprint density at radius 3 is 2.82 bits per heavy atom. The van der Waals surface area contributed by atoms with Crippen molar-refractivity contribution in [3.63, 3.8) is 0 Å². The smallest absolute Gasteiger partial charge is 0.222 e. The van der Waals surface area contributed by atoms with E-state index in [9.17, 15) is 9.90 Å². The molecule has 2 saturated carbocycles. The first-order valence-corrected chi connectivity index (χ1v) is 10.8. The van der Waals surface area contributed by atoms with Crippen molar-refractivity contribution in [2.45, 2.75) is 83.0 Å². The molecule has 28 heavy (non-hydrogen) atoms. The Labute approximate surface area is 167 Å². The molecule has 4 rings (SSSR count). The third-order valence-electron chi connectivity index (χ3n) is 7.29. The summed E-state index contributed by atoms with van der Waals surface area (Å²) in [5.74, 6) is 1.02. The topological polar surface area (TPSA) is 90.5 Å². The van der Waals surface area contributed by atoms with Crippen molar-refractivity contribution in [2.24, 2.45) is 5.41 Å². The number of carbonyl (C=O) groups excluding carboxylic acids is 1. The van der Waals surface area contributed by atoms with Crippen LogP contribution in [0.3, 0.4) is 0 Å². The van der Waals surface area contributed by atoms with Crippen LogP contribution in [0.5, 0.6) is 0 Å². The molecule has 2 unspecified atom stereocenters. The van der Waals surface area contributed by atoms with E-state index in [-0.39, 0.29) is 35.6 Å². The highest BCUT2D eigenvalue weighted by molar-refractivity contribution is 5.77. The van der Waals surface area contributed by atoms with Gasteiger partial charge in [0.25, 0.3) is 0 Å². The molecule has 1 aromatic rings. The highest BCUT2D eigenvalue weighted by Crippen LogP contribution is 2.48. The van der Waals surface area contributed by atoms with Crippen LogP contribution in [0, 0.1) is 5.41 Å². The van der Waals surface area contributed by atoms with Gasteiger partial charge in [0.05, 0.1) is 32.3 Å². The molecule has 2 atom stereocenters. The molecule has 2 aliphatic carbocycles. The first-order chi connectivity index (χ1) is 13.5. The van der Waals surface area contributed by atoms with Crippen LogP contribution in [-0.2, 0) is 22.5 Å². The van der Waals surface area contributed by atoms with Gasteiger partial charge in [-0.15, -0.1) is 0 Å². The molecule has 1 saturated heterocycles. The van der Waals surface area contributed by atoms with E-state index in [1.165, 1.54) is 6.42 Å². The average Bonchev–Trinajstić information content (AvgIpc) is 3.33. The molecule has 7 heteroatoms. The van der Waals surface area contributed by atoms with Crippen LogP contribution < -0.4 is 5.32 Å². The number of H-pyrrole nitrogens is 1. The number of morpholine rings is 1. The zero-order valence-electron chi connectivity index (χ0n) is 17.2. The monoisotopic (exact) mass is 390 g/mol. The van der Waals surface area contributed by atoms with Crippen LogP contribution in [0.25, 0.3) is 0 Å². The van der Waals surface area contributed by atoms with E-state index in [4.69, 9.17) is 4.74 Å². The highest BCUT2D eigenvalue weighted by atomic mass is 16.5. The second-order valence-electron chi connectivity index (χ2n) is 9.11. The Morgan fingerprint density at radius 2 is 2.25 bits per heavy atom. The fraction of sp³-hybridized carbons (Fsp3) is 0.810. The fourth-order valence-corrected chi connectivity index (χ4v) is 4.65. The van der Waals surface area contributed by atoms with E-state index in [1.54, 1.807) is 0 Å². The Kier molecular flexibility index (Phi) is 5.51. The lowest BCUT2D eigenvalue weighted by Gasteiger charge is -2.54. The molecular formula is C21H34N4O3. The number of aliphatic hydroxyl groups excluding tert-OH is 1. The summed E-state index contributed by atoms with van der Waals surface area (Å²) in [6.07, 6.45) is 8.69. The highest BCUT2D eigenvalue weighted by Gasteiger charge is 2.49. The van der Waals surface area contributed by atoms with Gasteiger partial charge in [0, 0.05) is 35.4 Å². The quantitative estimate of drug-likeness (QED) is 0.629. The van der Waals surface area contributed by atoms with Gasteiger partial charge in [-0.1, -0.05) is 6.92 Å². The maximum atomic E-state index is 12.6. The molecule has 3 fully saturated rings. The molecule has 0 bridgehead atoms. The predicted molar refractivity (Wildman–Crippen MR) is 106 cm³/mol. The van der Waals surface area contributed by atoms with E-state index < -0.39 is 0 Å².